The lowest BCUT2D eigenvalue weighted by atomic mass is 10.1. The van der Waals surface area contributed by atoms with Crippen molar-refractivity contribution in [2.45, 2.75) is 12.7 Å². The molecule has 0 spiro atoms. The predicted octanol–water partition coefficient (Wildman–Crippen LogP) is 2.18. The summed E-state index contributed by atoms with van der Waals surface area (Å²) in [5.74, 6) is 1.46. The number of ether oxygens (including phenoxy) is 1. The number of fused-ring (bicyclic) bond motifs is 1. The molecule has 1 aliphatic heterocycles. The van der Waals surface area contributed by atoms with Crippen LogP contribution >= 0.6 is 0 Å². The smallest absolute Gasteiger partial charge is 0.269 e. The summed E-state index contributed by atoms with van der Waals surface area (Å²) in [7, 11) is 1.62. The zero-order valence-corrected chi connectivity index (χ0v) is 13.7. The molecule has 1 aliphatic rings. The van der Waals surface area contributed by atoms with Crippen molar-refractivity contribution in [3.8, 4) is 17.0 Å². The standard InChI is InChI=1S/C18H18N4O3/c1-24-13-5-2-4-12(8-13)15-9-16-18(23)20-11-17(22(16)21-15)19-10-14-6-3-7-25-14/h2-9,17,19H,10-11H2,1H3,(H,20,23)/t17-/m0/s1. The van der Waals surface area contributed by atoms with Crippen LogP contribution in [-0.4, -0.2) is 29.3 Å². The first-order valence-electron chi connectivity index (χ1n) is 8.02. The highest BCUT2D eigenvalue weighted by atomic mass is 16.5. The van der Waals surface area contributed by atoms with Gasteiger partial charge in [-0.05, 0) is 30.3 Å². The zero-order valence-electron chi connectivity index (χ0n) is 13.7. The van der Waals surface area contributed by atoms with E-state index in [9.17, 15) is 4.79 Å². The molecule has 0 bridgehead atoms. The molecule has 1 aromatic carbocycles. The van der Waals surface area contributed by atoms with Gasteiger partial charge in [-0.1, -0.05) is 12.1 Å². The Morgan fingerprint density at radius 3 is 3.08 bits per heavy atom. The molecule has 2 aromatic heterocycles. The number of carbonyl (C=O) groups excluding carboxylic acids is 1. The zero-order chi connectivity index (χ0) is 17.2. The number of aromatic nitrogens is 2. The number of nitrogens with zero attached hydrogens (tertiary/aromatic N) is 2. The van der Waals surface area contributed by atoms with E-state index in [2.05, 4.69) is 15.7 Å². The van der Waals surface area contributed by atoms with Gasteiger partial charge < -0.3 is 14.5 Å². The summed E-state index contributed by atoms with van der Waals surface area (Å²) in [6.07, 6.45) is 1.50. The highest BCUT2D eigenvalue weighted by molar-refractivity contribution is 5.94. The van der Waals surface area contributed by atoms with E-state index < -0.39 is 0 Å². The molecule has 3 aromatic rings. The Bertz CT molecular complexity index is 886. The average molecular weight is 338 g/mol. The Labute approximate surface area is 144 Å². The first-order valence-corrected chi connectivity index (χ1v) is 8.02. The largest absolute Gasteiger partial charge is 0.497 e. The third-order valence-corrected chi connectivity index (χ3v) is 4.18. The molecule has 1 amide bonds. The van der Waals surface area contributed by atoms with Crippen molar-refractivity contribution in [3.05, 3.63) is 60.2 Å². The summed E-state index contributed by atoms with van der Waals surface area (Å²) in [6.45, 7) is 1.02. The van der Waals surface area contributed by atoms with Crippen LogP contribution in [0, 0.1) is 0 Å². The van der Waals surface area contributed by atoms with Crippen LogP contribution in [-0.2, 0) is 6.54 Å². The van der Waals surface area contributed by atoms with E-state index in [4.69, 9.17) is 9.15 Å². The van der Waals surface area contributed by atoms with Gasteiger partial charge in [-0.15, -0.1) is 0 Å². The van der Waals surface area contributed by atoms with Gasteiger partial charge in [-0.3, -0.25) is 10.1 Å². The molecule has 3 heterocycles. The molecule has 0 fully saturated rings. The maximum atomic E-state index is 12.2. The third kappa shape index (κ3) is 3.01. The minimum atomic E-state index is -0.142. The molecule has 2 N–H and O–H groups in total. The molecular formula is C18H18N4O3. The molecule has 128 valence electrons. The molecule has 0 unspecified atom stereocenters. The molecule has 0 radical (unpaired) electrons. The fourth-order valence-corrected chi connectivity index (χ4v) is 2.88. The van der Waals surface area contributed by atoms with Crippen LogP contribution in [0.2, 0.25) is 0 Å². The third-order valence-electron chi connectivity index (χ3n) is 4.18. The Morgan fingerprint density at radius 2 is 2.28 bits per heavy atom. The fraction of sp³-hybridized carbons (Fsp3) is 0.222. The number of rotatable bonds is 5. The van der Waals surface area contributed by atoms with Gasteiger partial charge >= 0.3 is 0 Å². The summed E-state index contributed by atoms with van der Waals surface area (Å²) in [5.41, 5.74) is 2.16. The lowest BCUT2D eigenvalue weighted by Crippen LogP contribution is -2.45. The summed E-state index contributed by atoms with van der Waals surface area (Å²) < 4.78 is 12.3. The molecule has 25 heavy (non-hydrogen) atoms. The Morgan fingerprint density at radius 1 is 1.36 bits per heavy atom. The fourth-order valence-electron chi connectivity index (χ4n) is 2.88. The van der Waals surface area contributed by atoms with Gasteiger partial charge in [0, 0.05) is 5.56 Å². The number of nitrogens with one attached hydrogen (secondary N) is 2. The summed E-state index contributed by atoms with van der Waals surface area (Å²) in [5, 5.41) is 10.9. The molecule has 4 rings (SSSR count). The molecule has 7 nitrogen and oxygen atoms in total. The molecule has 0 saturated heterocycles. The topological polar surface area (TPSA) is 81.3 Å². The summed E-state index contributed by atoms with van der Waals surface area (Å²) >= 11 is 0. The Hall–Kier alpha value is -3.06. The minimum Gasteiger partial charge on any atom is -0.497 e. The second kappa shape index (κ2) is 6.45. The quantitative estimate of drug-likeness (QED) is 0.745. The predicted molar refractivity (Wildman–Crippen MR) is 91.1 cm³/mol. The van der Waals surface area contributed by atoms with Crippen LogP contribution in [0.25, 0.3) is 11.3 Å². The lowest BCUT2D eigenvalue weighted by molar-refractivity contribution is 0.0899. The second-order valence-corrected chi connectivity index (χ2v) is 5.78. The number of carbonyl (C=O) groups is 1. The van der Waals surface area contributed by atoms with Crippen molar-refractivity contribution in [2.75, 3.05) is 13.7 Å². The van der Waals surface area contributed by atoms with Crippen molar-refractivity contribution in [2.24, 2.45) is 0 Å². The van der Waals surface area contributed by atoms with Crippen LogP contribution < -0.4 is 15.4 Å². The monoisotopic (exact) mass is 338 g/mol. The van der Waals surface area contributed by atoms with Crippen molar-refractivity contribution in [1.82, 2.24) is 20.4 Å². The van der Waals surface area contributed by atoms with Crippen LogP contribution in [0.3, 0.4) is 0 Å². The van der Waals surface area contributed by atoms with E-state index in [0.717, 1.165) is 22.8 Å². The number of hydrogen-bond donors (Lipinski definition) is 2. The van der Waals surface area contributed by atoms with Crippen molar-refractivity contribution in [3.63, 3.8) is 0 Å². The van der Waals surface area contributed by atoms with Crippen LogP contribution in [0.1, 0.15) is 22.4 Å². The number of benzene rings is 1. The highest BCUT2D eigenvalue weighted by Gasteiger charge is 2.27. The first kappa shape index (κ1) is 15.5. The number of methoxy groups -OCH3 is 1. The van der Waals surface area contributed by atoms with Crippen molar-refractivity contribution >= 4 is 5.91 Å². The lowest BCUT2D eigenvalue weighted by Gasteiger charge is -2.25. The van der Waals surface area contributed by atoms with Gasteiger partial charge in [0.1, 0.15) is 23.4 Å². The Kier molecular flexibility index (Phi) is 3.99. The van der Waals surface area contributed by atoms with E-state index >= 15 is 0 Å². The number of hydrogen-bond acceptors (Lipinski definition) is 5. The summed E-state index contributed by atoms with van der Waals surface area (Å²) in [4.78, 5) is 12.2. The number of furan rings is 1. The second-order valence-electron chi connectivity index (χ2n) is 5.78. The van der Waals surface area contributed by atoms with Crippen LogP contribution in [0.5, 0.6) is 5.75 Å². The Balaban J connectivity index is 1.62. The first-order chi connectivity index (χ1) is 12.2. The van der Waals surface area contributed by atoms with E-state index in [-0.39, 0.29) is 12.1 Å². The van der Waals surface area contributed by atoms with E-state index in [0.29, 0.717) is 18.8 Å². The maximum absolute atomic E-state index is 12.2. The van der Waals surface area contributed by atoms with Gasteiger partial charge in [0.05, 0.1) is 32.2 Å². The molecule has 0 saturated carbocycles. The van der Waals surface area contributed by atoms with Crippen LogP contribution in [0.4, 0.5) is 0 Å². The van der Waals surface area contributed by atoms with Crippen LogP contribution in [0.15, 0.2) is 53.1 Å². The minimum absolute atomic E-state index is 0.127. The highest BCUT2D eigenvalue weighted by Crippen LogP contribution is 2.25. The van der Waals surface area contributed by atoms with Gasteiger partial charge in [0.2, 0.25) is 0 Å². The van der Waals surface area contributed by atoms with Gasteiger partial charge in [0.25, 0.3) is 5.91 Å². The van der Waals surface area contributed by atoms with E-state index in [1.54, 1.807) is 24.1 Å². The van der Waals surface area contributed by atoms with Gasteiger partial charge in [-0.2, -0.15) is 5.10 Å². The van der Waals surface area contributed by atoms with Gasteiger partial charge in [-0.25, -0.2) is 4.68 Å². The SMILES string of the molecule is COc1cccc(-c2cc3n(n2)[C@H](NCc2ccco2)CNC3=O)c1. The molecular weight excluding hydrogens is 320 g/mol. The summed E-state index contributed by atoms with van der Waals surface area (Å²) in [6, 6.07) is 13.2. The molecule has 7 heteroatoms. The molecule has 0 aliphatic carbocycles. The average Bonchev–Trinajstić information content (AvgIpc) is 3.31. The maximum Gasteiger partial charge on any atom is 0.269 e. The van der Waals surface area contributed by atoms with E-state index in [1.807, 2.05) is 36.4 Å². The normalized spacial score (nSPS) is 16.4. The van der Waals surface area contributed by atoms with Crippen molar-refractivity contribution in [1.29, 1.82) is 0 Å². The van der Waals surface area contributed by atoms with Crippen molar-refractivity contribution < 1.29 is 13.9 Å². The van der Waals surface area contributed by atoms with E-state index in [1.165, 1.54) is 0 Å². The molecule has 1 atom stereocenters. The number of amides is 1. The van der Waals surface area contributed by atoms with Gasteiger partial charge in [0.15, 0.2) is 0 Å².